The van der Waals surface area contributed by atoms with E-state index in [0.29, 0.717) is 33.5 Å². The topological polar surface area (TPSA) is 55.8 Å². The van der Waals surface area contributed by atoms with Gasteiger partial charge in [0, 0.05) is 43.4 Å². The average Bonchev–Trinajstić information content (AvgIpc) is 2.48. The lowest BCUT2D eigenvalue weighted by atomic mass is 10.0. The molecular formula is C19H21NO4. The highest BCUT2D eigenvalue weighted by molar-refractivity contribution is 6.02. The molecule has 2 aromatic rings. The Hall–Kier alpha value is -2.82. The molecule has 0 aliphatic heterocycles. The smallest absolute Gasteiger partial charge is 0.338 e. The van der Waals surface area contributed by atoms with Crippen molar-refractivity contribution in [2.24, 2.45) is 0 Å². The van der Waals surface area contributed by atoms with Crippen molar-refractivity contribution >= 4 is 28.4 Å². The molecule has 0 aliphatic carbocycles. The van der Waals surface area contributed by atoms with Crippen LogP contribution in [0.4, 0.5) is 5.69 Å². The maximum Gasteiger partial charge on any atom is 0.338 e. The quantitative estimate of drug-likeness (QED) is 0.488. The van der Waals surface area contributed by atoms with Gasteiger partial charge in [0.1, 0.15) is 5.75 Å². The molecule has 0 saturated carbocycles. The number of carbonyl (C=O) groups is 2. The first-order chi connectivity index (χ1) is 11.2. The second kappa shape index (κ2) is 6.74. The summed E-state index contributed by atoms with van der Waals surface area (Å²) in [5.41, 5.74) is 1.95. The minimum atomic E-state index is -0.500. The monoisotopic (exact) mass is 327 g/mol. The largest absolute Gasteiger partial charge is 0.426 e. The fourth-order valence-electron chi connectivity index (χ4n) is 2.32. The van der Waals surface area contributed by atoms with Crippen LogP contribution in [0, 0.1) is 6.92 Å². The van der Waals surface area contributed by atoms with Crippen LogP contribution in [0.15, 0.2) is 36.4 Å². The van der Waals surface area contributed by atoms with Crippen molar-refractivity contribution in [3.63, 3.8) is 0 Å². The maximum absolute atomic E-state index is 12.0. The Morgan fingerprint density at radius 2 is 1.71 bits per heavy atom. The van der Waals surface area contributed by atoms with Crippen LogP contribution < -0.4 is 14.4 Å². The summed E-state index contributed by atoms with van der Waals surface area (Å²) >= 11 is 0. The summed E-state index contributed by atoms with van der Waals surface area (Å²) in [6.07, 6.45) is 0. The molecule has 2 rings (SSSR count). The van der Waals surface area contributed by atoms with E-state index >= 15 is 0 Å². The number of hydrogen-bond acceptors (Lipinski definition) is 5. The number of carbonyl (C=O) groups excluding carboxylic acids is 2. The fraction of sp³-hybridized carbons (Fsp3) is 0.263. The van der Waals surface area contributed by atoms with Crippen molar-refractivity contribution in [3.8, 4) is 11.5 Å². The van der Waals surface area contributed by atoms with E-state index < -0.39 is 11.9 Å². The summed E-state index contributed by atoms with van der Waals surface area (Å²) in [7, 11) is 3.65. The standard InChI is InChI=1S/C19H21NO4/c1-11(2)19(22)24-18-14-8-7-12(3)9-15(14)17(23-13(4)21)10-16(18)20(5)6/h7-10H,1H2,2-6H3. The molecule has 24 heavy (non-hydrogen) atoms. The van der Waals surface area contributed by atoms with Crippen LogP contribution in [0.1, 0.15) is 19.4 Å². The molecule has 0 heterocycles. The first kappa shape index (κ1) is 17.5. The predicted octanol–water partition coefficient (Wildman–Crippen LogP) is 3.62. The number of fused-ring (bicyclic) bond motifs is 1. The minimum Gasteiger partial charge on any atom is -0.426 e. The van der Waals surface area contributed by atoms with E-state index in [4.69, 9.17) is 9.47 Å². The first-order valence-corrected chi connectivity index (χ1v) is 7.51. The summed E-state index contributed by atoms with van der Waals surface area (Å²) in [5, 5.41) is 1.40. The molecule has 0 saturated heterocycles. The third-order valence-corrected chi connectivity index (χ3v) is 3.46. The van der Waals surface area contributed by atoms with Gasteiger partial charge in [-0.05, 0) is 19.9 Å². The molecule has 0 spiro atoms. The zero-order chi connectivity index (χ0) is 18.0. The van der Waals surface area contributed by atoms with Crippen LogP contribution in [-0.4, -0.2) is 26.0 Å². The number of hydrogen-bond donors (Lipinski definition) is 0. The average molecular weight is 327 g/mol. The molecule has 0 fully saturated rings. The second-order valence-electron chi connectivity index (χ2n) is 5.93. The van der Waals surface area contributed by atoms with Gasteiger partial charge in [0.15, 0.2) is 5.75 Å². The molecule has 5 heteroatoms. The number of aryl methyl sites for hydroxylation is 1. The van der Waals surface area contributed by atoms with Gasteiger partial charge in [-0.3, -0.25) is 4.79 Å². The van der Waals surface area contributed by atoms with Crippen molar-refractivity contribution < 1.29 is 19.1 Å². The van der Waals surface area contributed by atoms with Gasteiger partial charge in [-0.1, -0.05) is 24.3 Å². The van der Waals surface area contributed by atoms with Crippen LogP contribution >= 0.6 is 0 Å². The summed E-state index contributed by atoms with van der Waals surface area (Å²) in [6, 6.07) is 7.36. The highest BCUT2D eigenvalue weighted by Gasteiger charge is 2.19. The molecule has 0 bridgehead atoms. The van der Waals surface area contributed by atoms with E-state index in [1.54, 1.807) is 17.9 Å². The third kappa shape index (κ3) is 3.56. The van der Waals surface area contributed by atoms with Crippen LogP contribution in [0.2, 0.25) is 0 Å². The zero-order valence-corrected chi connectivity index (χ0v) is 14.6. The molecule has 0 amide bonds. The van der Waals surface area contributed by atoms with Crippen molar-refractivity contribution in [1.29, 1.82) is 0 Å². The van der Waals surface area contributed by atoms with E-state index in [9.17, 15) is 9.59 Å². The number of ether oxygens (including phenoxy) is 2. The maximum atomic E-state index is 12.0. The number of nitrogens with zero attached hydrogens (tertiary/aromatic N) is 1. The van der Waals surface area contributed by atoms with Crippen LogP contribution in [-0.2, 0) is 9.59 Å². The molecule has 0 aliphatic rings. The van der Waals surface area contributed by atoms with Gasteiger partial charge in [0.2, 0.25) is 0 Å². The predicted molar refractivity (Wildman–Crippen MR) is 94.8 cm³/mol. The van der Waals surface area contributed by atoms with Crippen molar-refractivity contribution in [3.05, 3.63) is 42.0 Å². The van der Waals surface area contributed by atoms with Crippen molar-refractivity contribution in [1.82, 2.24) is 0 Å². The Kier molecular flexibility index (Phi) is 4.93. The van der Waals surface area contributed by atoms with Crippen LogP contribution in [0.5, 0.6) is 11.5 Å². The Balaban J connectivity index is 2.78. The lowest BCUT2D eigenvalue weighted by molar-refractivity contribution is -0.132. The Morgan fingerprint density at radius 3 is 2.25 bits per heavy atom. The Bertz CT molecular complexity index is 837. The lowest BCUT2D eigenvalue weighted by Crippen LogP contribution is -2.15. The summed E-state index contributed by atoms with van der Waals surface area (Å²) < 4.78 is 10.9. The molecule has 0 aromatic heterocycles. The normalized spacial score (nSPS) is 10.4. The molecule has 2 aromatic carbocycles. The third-order valence-electron chi connectivity index (χ3n) is 3.46. The van der Waals surface area contributed by atoms with Crippen LogP contribution in [0.25, 0.3) is 10.8 Å². The van der Waals surface area contributed by atoms with Gasteiger partial charge in [0.25, 0.3) is 0 Å². The zero-order valence-electron chi connectivity index (χ0n) is 14.6. The second-order valence-corrected chi connectivity index (χ2v) is 5.93. The van der Waals surface area contributed by atoms with Gasteiger partial charge in [-0.15, -0.1) is 0 Å². The van der Waals surface area contributed by atoms with Gasteiger partial charge >= 0.3 is 11.9 Å². The molecule has 5 nitrogen and oxygen atoms in total. The molecule has 0 atom stereocenters. The fourth-order valence-corrected chi connectivity index (χ4v) is 2.32. The van der Waals surface area contributed by atoms with Crippen molar-refractivity contribution in [2.45, 2.75) is 20.8 Å². The summed E-state index contributed by atoms with van der Waals surface area (Å²) in [5.74, 6) is -0.0617. The number of benzene rings is 2. The lowest BCUT2D eigenvalue weighted by Gasteiger charge is -2.21. The van der Waals surface area contributed by atoms with E-state index in [1.165, 1.54) is 6.92 Å². The van der Waals surface area contributed by atoms with E-state index in [-0.39, 0.29) is 0 Å². The number of anilines is 1. The SMILES string of the molecule is C=C(C)C(=O)Oc1c(N(C)C)cc(OC(C)=O)c2cc(C)ccc12. The van der Waals surface area contributed by atoms with E-state index in [2.05, 4.69) is 6.58 Å². The minimum absolute atomic E-state index is 0.309. The number of esters is 2. The first-order valence-electron chi connectivity index (χ1n) is 7.51. The van der Waals surface area contributed by atoms with Gasteiger partial charge in [-0.2, -0.15) is 0 Å². The highest BCUT2D eigenvalue weighted by atomic mass is 16.5. The molecule has 0 N–H and O–H groups in total. The van der Waals surface area contributed by atoms with Gasteiger partial charge in [0.05, 0.1) is 5.69 Å². The van der Waals surface area contributed by atoms with Gasteiger partial charge in [-0.25, -0.2) is 4.79 Å². The molecule has 0 unspecified atom stereocenters. The molecule has 0 radical (unpaired) electrons. The highest BCUT2D eigenvalue weighted by Crippen LogP contribution is 2.42. The van der Waals surface area contributed by atoms with Gasteiger partial charge < -0.3 is 14.4 Å². The van der Waals surface area contributed by atoms with E-state index in [0.717, 1.165) is 5.56 Å². The Morgan fingerprint density at radius 1 is 1.04 bits per heavy atom. The van der Waals surface area contributed by atoms with E-state index in [1.807, 2.05) is 39.2 Å². The molecule has 126 valence electrons. The summed E-state index contributed by atoms with van der Waals surface area (Å²) in [4.78, 5) is 25.3. The van der Waals surface area contributed by atoms with Crippen LogP contribution in [0.3, 0.4) is 0 Å². The number of rotatable bonds is 4. The molecular weight excluding hydrogens is 306 g/mol. The van der Waals surface area contributed by atoms with Crippen molar-refractivity contribution in [2.75, 3.05) is 19.0 Å². The summed E-state index contributed by atoms with van der Waals surface area (Å²) in [6.45, 7) is 8.51. The Labute approximate surface area is 141 Å².